The quantitative estimate of drug-likeness (QED) is 0.521. The predicted octanol–water partition coefficient (Wildman–Crippen LogP) is 2.85. The Bertz CT molecular complexity index is 210. The lowest BCUT2D eigenvalue weighted by molar-refractivity contribution is 0.0801. The highest BCUT2D eigenvalue weighted by Gasteiger charge is 2.31. The van der Waals surface area contributed by atoms with Crippen LogP contribution in [0.1, 0.15) is 38.5 Å². The van der Waals surface area contributed by atoms with Crippen LogP contribution in [-0.4, -0.2) is 57.7 Å². The summed E-state index contributed by atoms with van der Waals surface area (Å²) in [5.74, 6) is 1.00. The summed E-state index contributed by atoms with van der Waals surface area (Å²) < 4.78 is 10.5. The Labute approximate surface area is 124 Å². The number of hydrogen-bond acceptors (Lipinski definition) is 4. The Kier molecular flexibility index (Phi) is 9.12. The van der Waals surface area contributed by atoms with Gasteiger partial charge in [-0.25, -0.2) is 0 Å². The molecule has 0 amide bonds. The minimum atomic E-state index is 0.404. The second-order valence-corrected chi connectivity index (χ2v) is 6.15. The largest absolute Gasteiger partial charge is 0.383 e. The molecule has 0 aromatic carbocycles. The normalized spacial score (nSPS) is 19.6. The zero-order chi connectivity index (χ0) is 14.0. The van der Waals surface area contributed by atoms with E-state index in [1.807, 2.05) is 0 Å². The van der Waals surface area contributed by atoms with Crippen LogP contribution in [0.15, 0.2) is 0 Å². The topological polar surface area (TPSA) is 21.7 Å². The summed E-state index contributed by atoms with van der Waals surface area (Å²) in [6, 6.07) is 0. The lowest BCUT2D eigenvalue weighted by Gasteiger charge is -2.37. The van der Waals surface area contributed by atoms with E-state index in [0.29, 0.717) is 5.41 Å². The summed E-state index contributed by atoms with van der Waals surface area (Å²) in [6.45, 7) is 4.73. The lowest BCUT2D eigenvalue weighted by atomic mass is 9.81. The van der Waals surface area contributed by atoms with Crippen molar-refractivity contribution in [3.63, 3.8) is 0 Å². The van der Waals surface area contributed by atoms with Gasteiger partial charge in [0.2, 0.25) is 0 Å². The lowest BCUT2D eigenvalue weighted by Crippen LogP contribution is -2.42. The van der Waals surface area contributed by atoms with Crippen LogP contribution in [-0.2, 0) is 9.47 Å². The number of ether oxygens (including phenoxy) is 2. The number of thiol groups is 1. The van der Waals surface area contributed by atoms with Crippen molar-refractivity contribution < 1.29 is 9.47 Å². The molecule has 0 saturated heterocycles. The fourth-order valence-electron chi connectivity index (χ4n) is 3.03. The van der Waals surface area contributed by atoms with Gasteiger partial charge in [-0.2, -0.15) is 12.6 Å². The smallest absolute Gasteiger partial charge is 0.0589 e. The first kappa shape index (κ1) is 17.3. The highest BCUT2D eigenvalue weighted by Crippen LogP contribution is 2.36. The van der Waals surface area contributed by atoms with E-state index in [1.54, 1.807) is 14.2 Å². The first-order valence-corrected chi connectivity index (χ1v) is 8.21. The van der Waals surface area contributed by atoms with Crippen molar-refractivity contribution >= 4 is 12.6 Å². The van der Waals surface area contributed by atoms with E-state index in [9.17, 15) is 0 Å². The molecule has 0 aliphatic heterocycles. The van der Waals surface area contributed by atoms with E-state index >= 15 is 0 Å². The minimum Gasteiger partial charge on any atom is -0.383 e. The molecule has 114 valence electrons. The van der Waals surface area contributed by atoms with Crippen LogP contribution >= 0.6 is 12.6 Å². The predicted molar refractivity (Wildman–Crippen MR) is 84.2 cm³/mol. The fraction of sp³-hybridized carbons (Fsp3) is 1.00. The van der Waals surface area contributed by atoms with Gasteiger partial charge in [-0.05, 0) is 24.0 Å². The SMILES string of the molecule is COCCN(CCOC)CC1(CS)CCCCCC1. The van der Waals surface area contributed by atoms with Crippen molar-refractivity contribution in [2.45, 2.75) is 38.5 Å². The average Bonchev–Trinajstić information content (AvgIpc) is 2.68. The van der Waals surface area contributed by atoms with E-state index in [0.717, 1.165) is 38.6 Å². The third kappa shape index (κ3) is 6.48. The Hall–Kier alpha value is 0.230. The van der Waals surface area contributed by atoms with Gasteiger partial charge in [0.25, 0.3) is 0 Å². The molecule has 0 atom stereocenters. The van der Waals surface area contributed by atoms with Gasteiger partial charge in [-0.15, -0.1) is 0 Å². The molecule has 0 spiro atoms. The molecule has 0 aromatic heterocycles. The molecule has 0 heterocycles. The molecule has 1 fully saturated rings. The Morgan fingerprint density at radius 3 is 1.89 bits per heavy atom. The third-order valence-electron chi connectivity index (χ3n) is 4.28. The van der Waals surface area contributed by atoms with Gasteiger partial charge >= 0.3 is 0 Å². The van der Waals surface area contributed by atoms with Crippen LogP contribution in [0.5, 0.6) is 0 Å². The maximum Gasteiger partial charge on any atom is 0.0589 e. The second-order valence-electron chi connectivity index (χ2n) is 5.83. The molecular formula is C15H31NO2S. The molecule has 0 bridgehead atoms. The van der Waals surface area contributed by atoms with E-state index in [1.165, 1.54) is 38.5 Å². The van der Waals surface area contributed by atoms with Gasteiger partial charge < -0.3 is 9.47 Å². The van der Waals surface area contributed by atoms with Crippen LogP contribution in [0, 0.1) is 5.41 Å². The second kappa shape index (κ2) is 10.0. The molecule has 0 N–H and O–H groups in total. The molecule has 4 heteroatoms. The van der Waals surface area contributed by atoms with Gasteiger partial charge in [0.15, 0.2) is 0 Å². The van der Waals surface area contributed by atoms with Crippen molar-refractivity contribution in [2.75, 3.05) is 52.8 Å². The van der Waals surface area contributed by atoms with Crippen molar-refractivity contribution in [1.29, 1.82) is 0 Å². The van der Waals surface area contributed by atoms with Crippen LogP contribution in [0.3, 0.4) is 0 Å². The molecule has 1 saturated carbocycles. The summed E-state index contributed by atoms with van der Waals surface area (Å²) in [5, 5.41) is 0. The summed E-state index contributed by atoms with van der Waals surface area (Å²) in [6.07, 6.45) is 8.17. The summed E-state index contributed by atoms with van der Waals surface area (Å²) in [5.41, 5.74) is 0.404. The first-order chi connectivity index (χ1) is 9.26. The summed E-state index contributed by atoms with van der Waals surface area (Å²) in [4.78, 5) is 2.49. The summed E-state index contributed by atoms with van der Waals surface area (Å²) >= 11 is 4.66. The fourth-order valence-corrected chi connectivity index (χ4v) is 3.45. The standard InChI is InChI=1S/C15H31NO2S/c1-17-11-9-16(10-12-18-2)13-15(14-19)7-5-3-4-6-8-15/h19H,3-14H2,1-2H3. The molecule has 1 rings (SSSR count). The number of methoxy groups -OCH3 is 2. The molecule has 3 nitrogen and oxygen atoms in total. The van der Waals surface area contributed by atoms with E-state index in [2.05, 4.69) is 17.5 Å². The highest BCUT2D eigenvalue weighted by atomic mass is 32.1. The van der Waals surface area contributed by atoms with Crippen LogP contribution in [0.25, 0.3) is 0 Å². The molecule has 1 aliphatic carbocycles. The van der Waals surface area contributed by atoms with Gasteiger partial charge in [0.05, 0.1) is 13.2 Å². The molecule has 0 radical (unpaired) electrons. The van der Waals surface area contributed by atoms with Gasteiger partial charge in [-0.1, -0.05) is 25.7 Å². The van der Waals surface area contributed by atoms with E-state index in [4.69, 9.17) is 9.47 Å². The van der Waals surface area contributed by atoms with Gasteiger partial charge in [0, 0.05) is 33.9 Å². The van der Waals surface area contributed by atoms with Crippen LogP contribution < -0.4 is 0 Å². The van der Waals surface area contributed by atoms with Crippen LogP contribution in [0.2, 0.25) is 0 Å². The van der Waals surface area contributed by atoms with Crippen molar-refractivity contribution in [2.24, 2.45) is 5.41 Å². The number of nitrogens with zero attached hydrogens (tertiary/aromatic N) is 1. The van der Waals surface area contributed by atoms with E-state index in [-0.39, 0.29) is 0 Å². The molecule has 1 aliphatic rings. The minimum absolute atomic E-state index is 0.404. The monoisotopic (exact) mass is 289 g/mol. The number of hydrogen-bond donors (Lipinski definition) is 1. The van der Waals surface area contributed by atoms with Crippen molar-refractivity contribution in [3.8, 4) is 0 Å². The Morgan fingerprint density at radius 2 is 1.47 bits per heavy atom. The molecular weight excluding hydrogens is 258 g/mol. The first-order valence-electron chi connectivity index (χ1n) is 7.57. The maximum absolute atomic E-state index is 5.23. The highest BCUT2D eigenvalue weighted by molar-refractivity contribution is 7.80. The van der Waals surface area contributed by atoms with Gasteiger partial charge in [-0.3, -0.25) is 4.90 Å². The average molecular weight is 289 g/mol. The van der Waals surface area contributed by atoms with E-state index < -0.39 is 0 Å². The molecule has 0 aromatic rings. The van der Waals surface area contributed by atoms with Crippen LogP contribution in [0.4, 0.5) is 0 Å². The van der Waals surface area contributed by atoms with Crippen molar-refractivity contribution in [1.82, 2.24) is 4.90 Å². The summed E-state index contributed by atoms with van der Waals surface area (Å²) in [7, 11) is 3.54. The maximum atomic E-state index is 5.23. The Balaban J connectivity index is 2.55. The van der Waals surface area contributed by atoms with Gasteiger partial charge in [0.1, 0.15) is 0 Å². The number of rotatable bonds is 9. The molecule has 19 heavy (non-hydrogen) atoms. The third-order valence-corrected chi connectivity index (χ3v) is 4.95. The zero-order valence-corrected chi connectivity index (χ0v) is 13.6. The zero-order valence-electron chi connectivity index (χ0n) is 12.7. The van der Waals surface area contributed by atoms with Crippen molar-refractivity contribution in [3.05, 3.63) is 0 Å². The molecule has 0 unspecified atom stereocenters. The Morgan fingerprint density at radius 1 is 0.947 bits per heavy atom.